The van der Waals surface area contributed by atoms with Gasteiger partial charge in [0.1, 0.15) is 6.04 Å². The van der Waals surface area contributed by atoms with Crippen molar-refractivity contribution in [2.24, 2.45) is 4.99 Å². The fourth-order valence-electron chi connectivity index (χ4n) is 10.6. The molecular formula is C55H46N2. The van der Waals surface area contributed by atoms with Crippen molar-refractivity contribution in [2.45, 2.75) is 64.3 Å². The molecule has 1 heterocycles. The fourth-order valence-corrected chi connectivity index (χ4v) is 10.6. The second-order valence-corrected chi connectivity index (χ2v) is 16.9. The van der Waals surface area contributed by atoms with Crippen LogP contribution in [0.2, 0.25) is 0 Å². The highest BCUT2D eigenvalue weighted by atomic mass is 15.0. The van der Waals surface area contributed by atoms with Crippen molar-refractivity contribution in [3.05, 3.63) is 207 Å². The third-order valence-electron chi connectivity index (χ3n) is 13.3. The fraction of sp³-hybridized carbons (Fsp3) is 0.182. The Morgan fingerprint density at radius 1 is 0.684 bits per heavy atom. The zero-order valence-electron chi connectivity index (χ0n) is 33.0. The molecule has 1 aromatic heterocycles. The minimum absolute atomic E-state index is 0.0791. The maximum Gasteiger partial charge on any atom is 0.101 e. The van der Waals surface area contributed by atoms with Crippen LogP contribution >= 0.6 is 0 Å². The molecule has 11 rings (SSSR count). The van der Waals surface area contributed by atoms with E-state index in [0.717, 1.165) is 37.8 Å². The molecule has 2 heteroatoms. The van der Waals surface area contributed by atoms with Crippen LogP contribution in [0.5, 0.6) is 0 Å². The van der Waals surface area contributed by atoms with E-state index in [9.17, 15) is 0 Å². The molecule has 1 atom stereocenters. The van der Waals surface area contributed by atoms with Gasteiger partial charge in [0, 0.05) is 33.5 Å². The molecule has 7 aromatic rings. The summed E-state index contributed by atoms with van der Waals surface area (Å²) in [6.45, 7) is 6.94. The molecule has 276 valence electrons. The van der Waals surface area contributed by atoms with Gasteiger partial charge in [-0.1, -0.05) is 153 Å². The number of aromatic nitrogens is 1. The highest BCUT2D eigenvalue weighted by Crippen LogP contribution is 2.54. The van der Waals surface area contributed by atoms with Gasteiger partial charge in [0.2, 0.25) is 0 Å². The second-order valence-electron chi connectivity index (χ2n) is 16.9. The highest BCUT2D eigenvalue weighted by Gasteiger charge is 2.39. The number of fused-ring (bicyclic) bond motifs is 8. The highest BCUT2D eigenvalue weighted by molar-refractivity contribution is 6.00. The van der Waals surface area contributed by atoms with Crippen molar-refractivity contribution in [1.82, 2.24) is 4.57 Å². The van der Waals surface area contributed by atoms with Crippen molar-refractivity contribution in [1.29, 1.82) is 0 Å². The van der Waals surface area contributed by atoms with Crippen LogP contribution in [0.25, 0.3) is 50.5 Å². The van der Waals surface area contributed by atoms with Gasteiger partial charge in [0.15, 0.2) is 0 Å². The number of aliphatic imine (C=N–C) groups is 1. The number of hydrogen-bond acceptors (Lipinski definition) is 1. The Hall–Kier alpha value is -6.25. The third-order valence-corrected chi connectivity index (χ3v) is 13.3. The van der Waals surface area contributed by atoms with Gasteiger partial charge in [-0.25, -0.2) is 0 Å². The minimum Gasteiger partial charge on any atom is -0.317 e. The van der Waals surface area contributed by atoms with E-state index >= 15 is 0 Å². The summed E-state index contributed by atoms with van der Waals surface area (Å²) in [5.74, 6) is 0. The molecule has 4 aliphatic carbocycles. The van der Waals surface area contributed by atoms with Crippen molar-refractivity contribution in [2.75, 3.05) is 0 Å². The van der Waals surface area contributed by atoms with Crippen LogP contribution in [0.4, 0.5) is 0 Å². The zero-order valence-corrected chi connectivity index (χ0v) is 33.0. The predicted molar refractivity (Wildman–Crippen MR) is 240 cm³/mol. The van der Waals surface area contributed by atoms with Gasteiger partial charge in [-0.15, -0.1) is 0 Å². The van der Waals surface area contributed by atoms with E-state index in [0.29, 0.717) is 0 Å². The van der Waals surface area contributed by atoms with E-state index in [1.807, 2.05) is 0 Å². The van der Waals surface area contributed by atoms with Crippen LogP contribution in [0.1, 0.15) is 96.3 Å². The normalized spacial score (nSPS) is 16.8. The minimum atomic E-state index is -0.153. The monoisotopic (exact) mass is 734 g/mol. The first-order chi connectivity index (χ1) is 28.0. The van der Waals surface area contributed by atoms with Crippen molar-refractivity contribution in [3.8, 4) is 22.3 Å². The maximum atomic E-state index is 5.74. The number of allylic oxidation sites excluding steroid dienone is 5. The topological polar surface area (TPSA) is 17.3 Å². The summed E-state index contributed by atoms with van der Waals surface area (Å²) in [6, 6.07) is 51.5. The van der Waals surface area contributed by atoms with Gasteiger partial charge < -0.3 is 4.57 Å². The van der Waals surface area contributed by atoms with E-state index in [-0.39, 0.29) is 11.5 Å². The quantitative estimate of drug-likeness (QED) is 0.151. The lowest BCUT2D eigenvalue weighted by atomic mass is 9.81. The smallest absolute Gasteiger partial charge is 0.101 e. The summed E-state index contributed by atoms with van der Waals surface area (Å²) >= 11 is 0. The third kappa shape index (κ3) is 5.34. The van der Waals surface area contributed by atoms with Crippen LogP contribution in [0.15, 0.2) is 162 Å². The van der Waals surface area contributed by atoms with Crippen molar-refractivity contribution >= 4 is 34.0 Å². The van der Waals surface area contributed by atoms with E-state index in [1.54, 1.807) is 0 Å². The molecule has 0 N–H and O–H groups in total. The van der Waals surface area contributed by atoms with Crippen molar-refractivity contribution < 1.29 is 0 Å². The number of nitrogens with zero attached hydrogens (tertiary/aromatic N) is 2. The molecule has 57 heavy (non-hydrogen) atoms. The summed E-state index contributed by atoms with van der Waals surface area (Å²) < 4.78 is 2.62. The largest absolute Gasteiger partial charge is 0.317 e. The summed E-state index contributed by atoms with van der Waals surface area (Å²) in [5.41, 5.74) is 24.2. The van der Waals surface area contributed by atoms with Crippen LogP contribution in [-0.4, -0.2) is 10.3 Å². The van der Waals surface area contributed by atoms with Crippen LogP contribution in [0, 0.1) is 0 Å². The van der Waals surface area contributed by atoms with Gasteiger partial charge in [0.25, 0.3) is 0 Å². The van der Waals surface area contributed by atoms with Gasteiger partial charge >= 0.3 is 0 Å². The Balaban J connectivity index is 1.07. The zero-order chi connectivity index (χ0) is 38.3. The summed E-state index contributed by atoms with van der Waals surface area (Å²) in [7, 11) is 0. The molecule has 0 aliphatic heterocycles. The van der Waals surface area contributed by atoms with Gasteiger partial charge in [-0.05, 0) is 130 Å². The molecule has 0 amide bonds. The van der Waals surface area contributed by atoms with Gasteiger partial charge in [-0.3, -0.25) is 4.99 Å². The van der Waals surface area contributed by atoms with Gasteiger partial charge in [0.05, 0.1) is 5.52 Å². The molecule has 6 aromatic carbocycles. The summed E-state index contributed by atoms with van der Waals surface area (Å²) in [4.78, 5) is 5.74. The summed E-state index contributed by atoms with van der Waals surface area (Å²) in [6.07, 6.45) is 12.4. The van der Waals surface area contributed by atoms with Gasteiger partial charge in [-0.2, -0.15) is 0 Å². The second kappa shape index (κ2) is 13.2. The van der Waals surface area contributed by atoms with Crippen LogP contribution in [-0.2, 0) is 18.3 Å². The molecular weight excluding hydrogens is 689 g/mol. The lowest BCUT2D eigenvalue weighted by molar-refractivity contribution is 0.659. The molecule has 0 fully saturated rings. The number of hydrogen-bond donors (Lipinski definition) is 0. The molecule has 1 unspecified atom stereocenters. The molecule has 0 spiro atoms. The average molecular weight is 735 g/mol. The Bertz CT molecular complexity index is 2890. The van der Waals surface area contributed by atoms with E-state index in [4.69, 9.17) is 4.99 Å². The first-order valence-corrected chi connectivity index (χ1v) is 20.7. The first kappa shape index (κ1) is 34.0. The first-order valence-electron chi connectivity index (χ1n) is 20.7. The molecule has 4 aliphatic rings. The maximum absolute atomic E-state index is 5.74. The van der Waals surface area contributed by atoms with E-state index < -0.39 is 0 Å². The van der Waals surface area contributed by atoms with Crippen molar-refractivity contribution in [3.63, 3.8) is 0 Å². The Labute approximate surface area is 336 Å². The molecule has 2 nitrogen and oxygen atoms in total. The SMILES string of the molecule is CC(=NC(c1cccc2c1C1=C(C=C(n3c4c(c5cc(-c6ccccc6)ccc53)C=CCC4)CC1)C2)c1cccc2c1-c1ccccc1C2(C)C)c1ccccc1. The van der Waals surface area contributed by atoms with Crippen LogP contribution in [0.3, 0.4) is 0 Å². The Kier molecular flexibility index (Phi) is 7.86. The number of rotatable bonds is 6. The number of benzene rings is 6. The predicted octanol–water partition coefficient (Wildman–Crippen LogP) is 13.8. The standard InChI is InChI=1S/C55H46N2/c1-35(36-16-6-4-7-17-36)56-54(46-24-15-26-49-53(46)44-22-10-12-25-48(44)55(49,2)3)45-23-14-20-39-32-40-33-41(29-30-42(40)52(39)45)57-50-27-13-11-21-43(50)47-34-38(28-31-51(47)57)37-18-8-5-9-19-37/h4-12,14-26,28,31,33-34,54H,13,27,29-30,32H2,1-3H3. The molecule has 0 bridgehead atoms. The summed E-state index contributed by atoms with van der Waals surface area (Å²) in [5, 5.41) is 1.36. The van der Waals surface area contributed by atoms with E-state index in [1.165, 1.54) is 100 Å². The van der Waals surface area contributed by atoms with Crippen LogP contribution < -0.4 is 0 Å². The molecule has 0 radical (unpaired) electrons. The Morgan fingerprint density at radius 3 is 2.26 bits per heavy atom. The Morgan fingerprint density at radius 2 is 1.42 bits per heavy atom. The lowest BCUT2D eigenvalue weighted by Crippen LogP contribution is -2.15. The lowest BCUT2D eigenvalue weighted by Gasteiger charge is -2.25. The average Bonchev–Trinajstić information content (AvgIpc) is 3.88. The van der Waals surface area contributed by atoms with E-state index in [2.05, 4.69) is 183 Å². The molecule has 0 saturated heterocycles. The molecule has 0 saturated carbocycles.